The summed E-state index contributed by atoms with van der Waals surface area (Å²) in [6.07, 6.45) is 2.75. The van der Waals surface area contributed by atoms with Crippen LogP contribution < -0.4 is 15.5 Å². The van der Waals surface area contributed by atoms with Crippen molar-refractivity contribution >= 4 is 40.5 Å². The van der Waals surface area contributed by atoms with Gasteiger partial charge in [0.05, 0.1) is 11.2 Å². The summed E-state index contributed by atoms with van der Waals surface area (Å²) in [6, 6.07) is 5.22. The lowest BCUT2D eigenvalue weighted by molar-refractivity contribution is 0.0448. The summed E-state index contributed by atoms with van der Waals surface area (Å²) in [6.45, 7) is 8.70. The van der Waals surface area contributed by atoms with Gasteiger partial charge in [-0.3, -0.25) is 9.89 Å². The number of hydrogen-bond acceptors (Lipinski definition) is 8. The Morgan fingerprint density at radius 2 is 1.85 bits per heavy atom. The van der Waals surface area contributed by atoms with Gasteiger partial charge in [-0.25, -0.2) is 14.2 Å². The van der Waals surface area contributed by atoms with Crippen LogP contribution >= 0.6 is 0 Å². The van der Waals surface area contributed by atoms with Crippen LogP contribution in [0.15, 0.2) is 18.2 Å². The molecule has 3 aromatic rings. The average Bonchev–Trinajstić information content (AvgIpc) is 3.65. The van der Waals surface area contributed by atoms with Crippen molar-refractivity contribution in [1.29, 1.82) is 0 Å². The predicted octanol–water partition coefficient (Wildman–Crippen LogP) is 4.70. The largest absolute Gasteiger partial charge is 0.444 e. The minimum atomic E-state index is -0.576. The number of halogens is 1. The van der Waals surface area contributed by atoms with Gasteiger partial charge in [-0.05, 0) is 71.6 Å². The zero-order chi connectivity index (χ0) is 28.8. The lowest BCUT2D eigenvalue weighted by Gasteiger charge is -2.40. The maximum absolute atomic E-state index is 15.2. The molecule has 11 nitrogen and oxygen atoms in total. The Labute approximate surface area is 232 Å². The van der Waals surface area contributed by atoms with Gasteiger partial charge < -0.3 is 25.2 Å². The zero-order valence-electron chi connectivity index (χ0n) is 23.9. The van der Waals surface area contributed by atoms with Gasteiger partial charge in [0.25, 0.3) is 5.91 Å². The van der Waals surface area contributed by atoms with Crippen molar-refractivity contribution in [2.45, 2.75) is 70.4 Å². The number of carbonyl (C=O) groups is 2. The third kappa shape index (κ3) is 5.95. The monoisotopic (exact) mass is 552 g/mol. The van der Waals surface area contributed by atoms with Crippen molar-refractivity contribution in [3.63, 3.8) is 0 Å². The number of anilines is 3. The summed E-state index contributed by atoms with van der Waals surface area (Å²) in [4.78, 5) is 38.2. The van der Waals surface area contributed by atoms with Crippen LogP contribution in [0.5, 0.6) is 0 Å². The highest BCUT2D eigenvalue weighted by Crippen LogP contribution is 2.42. The molecular weight excluding hydrogens is 515 g/mol. The number of nitrogens with one attached hydrogen (secondary N) is 3. The smallest absolute Gasteiger partial charge is 0.408 e. The van der Waals surface area contributed by atoms with Gasteiger partial charge in [-0.15, -0.1) is 0 Å². The summed E-state index contributed by atoms with van der Waals surface area (Å²) < 4.78 is 20.6. The Bertz CT molecular complexity index is 1440. The molecule has 0 radical (unpaired) electrons. The van der Waals surface area contributed by atoms with Crippen LogP contribution in [0.2, 0.25) is 0 Å². The van der Waals surface area contributed by atoms with E-state index in [0.29, 0.717) is 59.9 Å². The SMILES string of the molecule is CN(C)C(=O)c1ccc2nc(N3CCC(C)(NC(=O)OC(C)(C)C)CC3)nc(Nc3n[nH]c(C4CC4)c3F)c2c1. The number of carbonyl (C=O) groups excluding carboxylic acids is 2. The standard InChI is InChI=1S/C28H37FN8O3/c1-27(2,3)40-26(39)33-28(4)11-13-37(14-12-28)25-30-19-10-9-17(24(38)36(5)6)15-18(19)22(32-25)31-23-20(29)21(34-35-23)16-7-8-16/h9-10,15-16H,7-8,11-14H2,1-6H3,(H,33,39)(H2,30,31,32,34,35). The van der Waals surface area contributed by atoms with Gasteiger partial charge in [0, 0.05) is 49.6 Å². The molecule has 40 heavy (non-hydrogen) atoms. The quantitative estimate of drug-likeness (QED) is 0.402. The molecule has 2 aromatic heterocycles. The Hall–Kier alpha value is -3.96. The van der Waals surface area contributed by atoms with Gasteiger partial charge in [0.15, 0.2) is 11.6 Å². The van der Waals surface area contributed by atoms with Crippen LogP contribution in [-0.4, -0.2) is 75.4 Å². The molecule has 1 saturated carbocycles. The van der Waals surface area contributed by atoms with E-state index < -0.39 is 23.1 Å². The number of rotatable bonds is 6. The van der Waals surface area contributed by atoms with Crippen molar-refractivity contribution in [3.8, 4) is 0 Å². The van der Waals surface area contributed by atoms with E-state index in [9.17, 15) is 9.59 Å². The molecule has 214 valence electrons. The lowest BCUT2D eigenvalue weighted by atomic mass is 9.90. The second kappa shape index (κ2) is 10.2. The zero-order valence-corrected chi connectivity index (χ0v) is 23.9. The number of fused-ring (bicyclic) bond motifs is 1. The molecule has 2 fully saturated rings. The van der Waals surface area contributed by atoms with Crippen LogP contribution in [-0.2, 0) is 4.74 Å². The Kier molecular flexibility index (Phi) is 7.05. The van der Waals surface area contributed by atoms with Crippen molar-refractivity contribution in [1.82, 2.24) is 30.4 Å². The number of alkyl carbamates (subject to hydrolysis) is 1. The number of aromatic nitrogens is 4. The van der Waals surface area contributed by atoms with E-state index >= 15 is 4.39 Å². The molecule has 1 saturated heterocycles. The number of aromatic amines is 1. The summed E-state index contributed by atoms with van der Waals surface area (Å²) >= 11 is 0. The number of piperidine rings is 1. The normalized spacial score (nSPS) is 17.0. The molecule has 3 N–H and O–H groups in total. The first-order chi connectivity index (χ1) is 18.8. The first kappa shape index (κ1) is 27.6. The minimum Gasteiger partial charge on any atom is -0.444 e. The maximum atomic E-state index is 15.2. The number of H-pyrrole nitrogens is 1. The Balaban J connectivity index is 1.43. The highest BCUT2D eigenvalue weighted by Gasteiger charge is 2.34. The van der Waals surface area contributed by atoms with Crippen molar-refractivity contribution in [2.75, 3.05) is 37.4 Å². The molecule has 0 atom stereocenters. The number of hydrogen-bond donors (Lipinski definition) is 3. The van der Waals surface area contributed by atoms with Crippen molar-refractivity contribution < 1.29 is 18.7 Å². The van der Waals surface area contributed by atoms with Gasteiger partial charge >= 0.3 is 6.09 Å². The first-order valence-electron chi connectivity index (χ1n) is 13.6. The van der Waals surface area contributed by atoms with E-state index in [0.717, 1.165) is 12.8 Å². The second-order valence-electron chi connectivity index (χ2n) is 12.2. The van der Waals surface area contributed by atoms with Crippen molar-refractivity contribution in [3.05, 3.63) is 35.3 Å². The fourth-order valence-electron chi connectivity index (χ4n) is 4.80. The summed E-state index contributed by atoms with van der Waals surface area (Å²) in [7, 11) is 3.37. The molecule has 0 bridgehead atoms. The van der Waals surface area contributed by atoms with E-state index in [4.69, 9.17) is 14.7 Å². The van der Waals surface area contributed by atoms with Crippen LogP contribution in [0, 0.1) is 5.82 Å². The molecule has 0 spiro atoms. The molecule has 2 aliphatic rings. The van der Waals surface area contributed by atoms with Crippen LogP contribution in [0.1, 0.15) is 75.3 Å². The molecule has 1 aromatic carbocycles. The Morgan fingerprint density at radius 1 is 1.15 bits per heavy atom. The molecular formula is C28H37FN8O3. The van der Waals surface area contributed by atoms with E-state index in [1.807, 2.05) is 32.6 Å². The van der Waals surface area contributed by atoms with Gasteiger partial charge in [-0.2, -0.15) is 10.1 Å². The number of nitrogens with zero attached hydrogens (tertiary/aromatic N) is 5. The van der Waals surface area contributed by atoms with Gasteiger partial charge in [0.1, 0.15) is 11.4 Å². The molecule has 12 heteroatoms. The first-order valence-corrected chi connectivity index (χ1v) is 13.6. The number of benzene rings is 1. The van der Waals surface area contributed by atoms with E-state index in [-0.39, 0.29) is 17.6 Å². The molecule has 1 aliphatic carbocycles. The third-order valence-corrected chi connectivity index (χ3v) is 7.24. The summed E-state index contributed by atoms with van der Waals surface area (Å²) in [5.74, 6) is 0.484. The highest BCUT2D eigenvalue weighted by molar-refractivity contribution is 6.01. The Morgan fingerprint density at radius 3 is 2.48 bits per heavy atom. The van der Waals surface area contributed by atoms with Crippen molar-refractivity contribution in [2.24, 2.45) is 0 Å². The van der Waals surface area contributed by atoms with Gasteiger partial charge in [-0.1, -0.05) is 0 Å². The third-order valence-electron chi connectivity index (χ3n) is 7.24. The fraction of sp³-hybridized carbons (Fsp3) is 0.536. The predicted molar refractivity (Wildman–Crippen MR) is 151 cm³/mol. The lowest BCUT2D eigenvalue weighted by Crippen LogP contribution is -2.54. The van der Waals surface area contributed by atoms with E-state index in [1.165, 1.54) is 4.90 Å². The topological polar surface area (TPSA) is 128 Å². The highest BCUT2D eigenvalue weighted by atomic mass is 19.1. The molecule has 1 aliphatic heterocycles. The molecule has 0 unspecified atom stereocenters. The molecule has 5 rings (SSSR count). The van der Waals surface area contributed by atoms with Crippen LogP contribution in [0.25, 0.3) is 10.9 Å². The summed E-state index contributed by atoms with van der Waals surface area (Å²) in [5, 5.41) is 13.6. The van der Waals surface area contributed by atoms with Gasteiger partial charge in [0.2, 0.25) is 5.95 Å². The van der Waals surface area contributed by atoms with Crippen LogP contribution in [0.4, 0.5) is 26.8 Å². The summed E-state index contributed by atoms with van der Waals surface area (Å²) in [5.41, 5.74) is 0.572. The minimum absolute atomic E-state index is 0.0602. The fourth-order valence-corrected chi connectivity index (χ4v) is 4.80. The van der Waals surface area contributed by atoms with E-state index in [2.05, 4.69) is 20.8 Å². The molecule has 3 heterocycles. The van der Waals surface area contributed by atoms with Crippen LogP contribution in [0.3, 0.4) is 0 Å². The maximum Gasteiger partial charge on any atom is 0.408 e. The average molecular weight is 553 g/mol. The second-order valence-corrected chi connectivity index (χ2v) is 12.2. The number of ether oxygens (including phenoxy) is 1. The number of amides is 2. The van der Waals surface area contributed by atoms with E-state index in [1.54, 1.807) is 32.3 Å². The molecule has 2 amide bonds.